The number of rotatable bonds is 2. The predicted molar refractivity (Wildman–Crippen MR) is 99.8 cm³/mol. The lowest BCUT2D eigenvalue weighted by Crippen LogP contribution is -2.61. The minimum absolute atomic E-state index is 0.0513. The van der Waals surface area contributed by atoms with Gasteiger partial charge in [0.15, 0.2) is 11.6 Å². The Labute approximate surface area is 163 Å². The van der Waals surface area contributed by atoms with Crippen LogP contribution >= 0.6 is 11.6 Å². The Morgan fingerprint density at radius 3 is 2.74 bits per heavy atom. The van der Waals surface area contributed by atoms with Gasteiger partial charge in [0, 0.05) is 21.8 Å². The van der Waals surface area contributed by atoms with Crippen molar-refractivity contribution in [1.29, 1.82) is 0 Å². The summed E-state index contributed by atoms with van der Waals surface area (Å²) in [6.07, 6.45) is 7.16. The van der Waals surface area contributed by atoms with Crippen molar-refractivity contribution in [2.24, 2.45) is 28.6 Å². The Morgan fingerprint density at radius 1 is 1.37 bits per heavy atom. The molecule has 2 fully saturated rings. The molecule has 27 heavy (non-hydrogen) atoms. The van der Waals surface area contributed by atoms with Gasteiger partial charge in [-0.2, -0.15) is 0 Å². The third kappa shape index (κ3) is 2.29. The highest BCUT2D eigenvalue weighted by Gasteiger charge is 2.67. The summed E-state index contributed by atoms with van der Waals surface area (Å²) in [6, 6.07) is 0. The van der Waals surface area contributed by atoms with Crippen LogP contribution in [0, 0.1) is 28.6 Å². The molecule has 2 saturated carbocycles. The number of allylic oxidation sites excluding steroid dienone is 6. The Hall–Kier alpha value is -1.27. The number of ketones is 2. The highest BCUT2D eigenvalue weighted by Crippen LogP contribution is 2.66. The summed E-state index contributed by atoms with van der Waals surface area (Å²) in [5.74, 6) is -1.08. The molecule has 0 aromatic heterocycles. The first-order valence-corrected chi connectivity index (χ1v) is 9.84. The van der Waals surface area contributed by atoms with Crippen molar-refractivity contribution >= 4 is 23.2 Å². The van der Waals surface area contributed by atoms with Crippen molar-refractivity contribution in [2.45, 2.75) is 44.8 Å². The second kappa shape index (κ2) is 5.86. The molecule has 0 heterocycles. The van der Waals surface area contributed by atoms with Gasteiger partial charge in [-0.3, -0.25) is 9.59 Å². The van der Waals surface area contributed by atoms with Gasteiger partial charge in [-0.05, 0) is 48.8 Å². The van der Waals surface area contributed by atoms with Gasteiger partial charge in [0.05, 0.1) is 6.10 Å². The second-order valence-corrected chi connectivity index (χ2v) is 9.38. The van der Waals surface area contributed by atoms with Crippen molar-refractivity contribution in [3.8, 4) is 0 Å². The van der Waals surface area contributed by atoms with E-state index in [4.69, 9.17) is 11.6 Å². The molecule has 146 valence electrons. The van der Waals surface area contributed by atoms with Crippen LogP contribution in [0.5, 0.6) is 0 Å². The van der Waals surface area contributed by atoms with E-state index in [9.17, 15) is 24.9 Å². The normalized spacial score (nSPS) is 48.3. The molecule has 4 rings (SSSR count). The first-order valence-electron chi connectivity index (χ1n) is 9.46. The maximum Gasteiger partial charge on any atom is 0.190 e. The fraction of sp³-hybridized carbons (Fsp3) is 0.619. The summed E-state index contributed by atoms with van der Waals surface area (Å²) in [6.45, 7) is 3.11. The molecule has 7 atom stereocenters. The van der Waals surface area contributed by atoms with Gasteiger partial charge in [0.25, 0.3) is 0 Å². The summed E-state index contributed by atoms with van der Waals surface area (Å²) in [7, 11) is 0. The minimum atomic E-state index is -1.64. The van der Waals surface area contributed by atoms with Crippen LogP contribution in [0.15, 0.2) is 34.9 Å². The first-order chi connectivity index (χ1) is 12.6. The molecule has 3 N–H and O–H groups in total. The Bertz CT molecular complexity index is 813. The fourth-order valence-electron chi connectivity index (χ4n) is 6.46. The Kier molecular flexibility index (Phi) is 4.14. The number of fused-ring (bicyclic) bond motifs is 5. The smallest absolute Gasteiger partial charge is 0.190 e. The summed E-state index contributed by atoms with van der Waals surface area (Å²) in [5, 5.41) is 32.2. The van der Waals surface area contributed by atoms with Crippen LogP contribution in [-0.4, -0.2) is 45.2 Å². The number of hydrogen-bond acceptors (Lipinski definition) is 5. The maximum absolute atomic E-state index is 12.4. The Morgan fingerprint density at radius 2 is 2.07 bits per heavy atom. The number of carbonyl (C=O) groups excluding carboxylic acids is 2. The topological polar surface area (TPSA) is 94.8 Å². The molecule has 0 radical (unpaired) electrons. The Balaban J connectivity index is 1.84. The molecule has 5 nitrogen and oxygen atoms in total. The lowest BCUT2D eigenvalue weighted by molar-refractivity contribution is -0.172. The quantitative estimate of drug-likeness (QED) is 0.667. The molecule has 0 aliphatic heterocycles. The maximum atomic E-state index is 12.4. The molecule has 0 saturated heterocycles. The average Bonchev–Trinajstić information content (AvgIpc) is 2.87. The SMILES string of the molecule is C[C@]12C=CC(=O)C=C1C(Cl)=CC1[C@@H]2[C@@H](O)C[C@@]2(C)[C@H]1CC[C@]2(O)C(=O)CO. The van der Waals surface area contributed by atoms with Crippen LogP contribution in [0.2, 0.25) is 0 Å². The van der Waals surface area contributed by atoms with Gasteiger partial charge in [0.2, 0.25) is 0 Å². The predicted octanol–water partition coefficient (Wildman–Crippen LogP) is 1.90. The molecule has 0 aromatic carbocycles. The third-order valence-electron chi connectivity index (χ3n) is 7.86. The van der Waals surface area contributed by atoms with Crippen LogP contribution < -0.4 is 0 Å². The van der Waals surface area contributed by atoms with Crippen LogP contribution in [0.4, 0.5) is 0 Å². The third-order valence-corrected chi connectivity index (χ3v) is 8.19. The van der Waals surface area contributed by atoms with Gasteiger partial charge in [-0.15, -0.1) is 0 Å². The monoisotopic (exact) mass is 392 g/mol. The zero-order valence-electron chi connectivity index (χ0n) is 15.5. The number of Topliss-reactive ketones (excluding diaryl/α,β-unsaturated/α-hetero) is 1. The van der Waals surface area contributed by atoms with E-state index in [1.165, 1.54) is 12.2 Å². The highest BCUT2D eigenvalue weighted by atomic mass is 35.5. The summed E-state index contributed by atoms with van der Waals surface area (Å²) >= 11 is 6.57. The van der Waals surface area contributed by atoms with Gasteiger partial charge < -0.3 is 15.3 Å². The average molecular weight is 393 g/mol. The minimum Gasteiger partial charge on any atom is -0.393 e. The van der Waals surface area contributed by atoms with E-state index in [1.54, 1.807) is 0 Å². The molecule has 0 spiro atoms. The zero-order valence-corrected chi connectivity index (χ0v) is 16.2. The lowest BCUT2D eigenvalue weighted by atomic mass is 9.48. The summed E-state index contributed by atoms with van der Waals surface area (Å²) in [5.41, 5.74) is -2.34. The van der Waals surface area contributed by atoms with E-state index < -0.39 is 34.9 Å². The number of aliphatic hydroxyl groups is 3. The molecular formula is C21H25ClO5. The molecule has 0 aromatic rings. The summed E-state index contributed by atoms with van der Waals surface area (Å²) in [4.78, 5) is 24.2. The van der Waals surface area contributed by atoms with Gasteiger partial charge in [-0.1, -0.05) is 37.6 Å². The van der Waals surface area contributed by atoms with Crippen LogP contribution in [-0.2, 0) is 9.59 Å². The largest absolute Gasteiger partial charge is 0.393 e. The van der Waals surface area contributed by atoms with Crippen LogP contribution in [0.25, 0.3) is 0 Å². The van der Waals surface area contributed by atoms with E-state index in [-0.39, 0.29) is 36.4 Å². The number of carbonyl (C=O) groups is 2. The molecule has 0 bridgehead atoms. The number of hydrogen-bond donors (Lipinski definition) is 3. The van der Waals surface area contributed by atoms with Crippen molar-refractivity contribution in [1.82, 2.24) is 0 Å². The van der Waals surface area contributed by atoms with Crippen molar-refractivity contribution in [2.75, 3.05) is 6.61 Å². The molecule has 6 heteroatoms. The first kappa shape index (κ1) is 19.1. The van der Waals surface area contributed by atoms with E-state index in [1.807, 2.05) is 26.0 Å². The molecular weight excluding hydrogens is 368 g/mol. The lowest BCUT2D eigenvalue weighted by Gasteiger charge is -2.58. The van der Waals surface area contributed by atoms with E-state index in [0.29, 0.717) is 11.5 Å². The van der Waals surface area contributed by atoms with E-state index in [0.717, 1.165) is 5.57 Å². The highest BCUT2D eigenvalue weighted by molar-refractivity contribution is 6.32. The zero-order chi connectivity index (χ0) is 19.8. The molecule has 1 unspecified atom stereocenters. The number of halogens is 1. The van der Waals surface area contributed by atoms with Gasteiger partial charge in [0.1, 0.15) is 12.2 Å². The van der Waals surface area contributed by atoms with Crippen molar-refractivity contribution in [3.63, 3.8) is 0 Å². The van der Waals surface area contributed by atoms with Gasteiger partial charge in [-0.25, -0.2) is 0 Å². The van der Waals surface area contributed by atoms with E-state index in [2.05, 4.69) is 0 Å². The van der Waals surface area contributed by atoms with Crippen LogP contribution in [0.3, 0.4) is 0 Å². The molecule has 4 aliphatic rings. The summed E-state index contributed by atoms with van der Waals surface area (Å²) < 4.78 is 0. The van der Waals surface area contributed by atoms with Crippen LogP contribution in [0.1, 0.15) is 33.1 Å². The molecule has 4 aliphatic carbocycles. The van der Waals surface area contributed by atoms with Crippen molar-refractivity contribution < 1.29 is 24.9 Å². The van der Waals surface area contributed by atoms with Gasteiger partial charge >= 0.3 is 0 Å². The molecule has 0 amide bonds. The van der Waals surface area contributed by atoms with E-state index >= 15 is 0 Å². The number of aliphatic hydroxyl groups excluding tert-OH is 2. The standard InChI is InChI=1S/C21H25ClO5/c1-19-5-3-11(24)7-14(19)15(22)8-12-13-4-6-21(27,17(26)10-23)20(13,2)9-16(25)18(12)19/h3,5,7-8,12-13,16,18,23,25,27H,4,6,9-10H2,1-2H3/t12?,13-,16-,18+,19-,20-,21-/m0/s1. The second-order valence-electron chi connectivity index (χ2n) is 8.97. The van der Waals surface area contributed by atoms with Crippen molar-refractivity contribution in [3.05, 3.63) is 34.9 Å². The fourth-order valence-corrected chi connectivity index (χ4v) is 6.86.